The van der Waals surface area contributed by atoms with Gasteiger partial charge in [0.1, 0.15) is 0 Å². The molecule has 3 N–H and O–H groups in total. The SMILES string of the molecule is COCCCC(N)C(=O)Nc1cnn(C(C)C)c1. The Morgan fingerprint density at radius 2 is 2.33 bits per heavy atom. The lowest BCUT2D eigenvalue weighted by Gasteiger charge is -2.10. The van der Waals surface area contributed by atoms with E-state index in [-0.39, 0.29) is 11.9 Å². The standard InChI is InChI=1S/C12H22N4O2/c1-9(2)16-8-10(7-14-16)15-12(17)11(13)5-4-6-18-3/h7-9,11H,4-6,13H2,1-3H3,(H,15,17). The minimum Gasteiger partial charge on any atom is -0.385 e. The van der Waals surface area contributed by atoms with Crippen molar-refractivity contribution in [2.45, 2.75) is 38.8 Å². The van der Waals surface area contributed by atoms with Crippen molar-refractivity contribution in [3.63, 3.8) is 0 Å². The van der Waals surface area contributed by atoms with Gasteiger partial charge in [-0.2, -0.15) is 5.10 Å². The van der Waals surface area contributed by atoms with E-state index in [4.69, 9.17) is 10.5 Å². The molecule has 0 radical (unpaired) electrons. The second-order valence-corrected chi connectivity index (χ2v) is 4.53. The van der Waals surface area contributed by atoms with Gasteiger partial charge >= 0.3 is 0 Å². The van der Waals surface area contributed by atoms with Crippen LogP contribution in [0.25, 0.3) is 0 Å². The first kappa shape index (κ1) is 14.7. The minimum absolute atomic E-state index is 0.186. The largest absolute Gasteiger partial charge is 0.385 e. The number of hydrogen-bond acceptors (Lipinski definition) is 4. The van der Waals surface area contributed by atoms with E-state index in [1.165, 1.54) is 0 Å². The van der Waals surface area contributed by atoms with Gasteiger partial charge in [0.2, 0.25) is 5.91 Å². The van der Waals surface area contributed by atoms with E-state index in [1.54, 1.807) is 24.2 Å². The highest BCUT2D eigenvalue weighted by molar-refractivity contribution is 5.94. The maximum atomic E-state index is 11.8. The number of methoxy groups -OCH3 is 1. The number of carbonyl (C=O) groups excluding carboxylic acids is 1. The van der Waals surface area contributed by atoms with Crippen molar-refractivity contribution in [2.24, 2.45) is 5.73 Å². The molecule has 1 aromatic rings. The molecule has 0 aliphatic rings. The topological polar surface area (TPSA) is 82.2 Å². The zero-order valence-corrected chi connectivity index (χ0v) is 11.2. The molecule has 0 bridgehead atoms. The highest BCUT2D eigenvalue weighted by Gasteiger charge is 2.14. The summed E-state index contributed by atoms with van der Waals surface area (Å²) in [5, 5.41) is 6.90. The van der Waals surface area contributed by atoms with Crippen LogP contribution in [0.5, 0.6) is 0 Å². The van der Waals surface area contributed by atoms with Gasteiger partial charge in [-0.1, -0.05) is 0 Å². The number of nitrogens with one attached hydrogen (secondary N) is 1. The van der Waals surface area contributed by atoms with Crippen LogP contribution >= 0.6 is 0 Å². The van der Waals surface area contributed by atoms with E-state index in [0.717, 1.165) is 6.42 Å². The fourth-order valence-electron chi connectivity index (χ4n) is 1.50. The summed E-state index contributed by atoms with van der Waals surface area (Å²) in [5.74, 6) is -0.186. The summed E-state index contributed by atoms with van der Waals surface area (Å²) in [7, 11) is 1.63. The molecular weight excluding hydrogens is 232 g/mol. The van der Waals surface area contributed by atoms with Crippen molar-refractivity contribution >= 4 is 11.6 Å². The molecule has 1 heterocycles. The molecule has 102 valence electrons. The summed E-state index contributed by atoms with van der Waals surface area (Å²) in [4.78, 5) is 11.8. The number of rotatable bonds is 7. The van der Waals surface area contributed by atoms with Crippen LogP contribution in [0.1, 0.15) is 32.7 Å². The molecule has 0 fully saturated rings. The van der Waals surface area contributed by atoms with Crippen molar-refractivity contribution in [3.8, 4) is 0 Å². The van der Waals surface area contributed by atoms with Crippen molar-refractivity contribution in [3.05, 3.63) is 12.4 Å². The van der Waals surface area contributed by atoms with Crippen LogP contribution < -0.4 is 11.1 Å². The number of ether oxygens (including phenoxy) is 1. The molecule has 6 heteroatoms. The number of amides is 1. The van der Waals surface area contributed by atoms with Gasteiger partial charge in [0.25, 0.3) is 0 Å². The maximum Gasteiger partial charge on any atom is 0.241 e. The number of nitrogens with two attached hydrogens (primary N) is 1. The second-order valence-electron chi connectivity index (χ2n) is 4.53. The smallest absolute Gasteiger partial charge is 0.241 e. The van der Waals surface area contributed by atoms with E-state index >= 15 is 0 Å². The van der Waals surface area contributed by atoms with Gasteiger partial charge in [-0.05, 0) is 26.7 Å². The van der Waals surface area contributed by atoms with Crippen LogP contribution in [0.15, 0.2) is 12.4 Å². The molecule has 0 aliphatic carbocycles. The summed E-state index contributed by atoms with van der Waals surface area (Å²) in [6, 6.07) is -0.242. The zero-order chi connectivity index (χ0) is 13.5. The van der Waals surface area contributed by atoms with Crippen LogP contribution in [0.4, 0.5) is 5.69 Å². The number of anilines is 1. The van der Waals surface area contributed by atoms with Crippen LogP contribution in [0, 0.1) is 0 Å². The average molecular weight is 254 g/mol. The first-order valence-electron chi connectivity index (χ1n) is 6.14. The van der Waals surface area contributed by atoms with E-state index < -0.39 is 6.04 Å². The minimum atomic E-state index is -0.512. The normalized spacial score (nSPS) is 12.7. The molecule has 0 saturated heterocycles. The Kier molecular flexibility index (Phi) is 5.80. The van der Waals surface area contributed by atoms with Gasteiger partial charge in [-0.3, -0.25) is 9.48 Å². The number of aromatic nitrogens is 2. The Labute approximate surface area is 107 Å². The van der Waals surface area contributed by atoms with Crippen molar-refractivity contribution < 1.29 is 9.53 Å². The van der Waals surface area contributed by atoms with Gasteiger partial charge < -0.3 is 15.8 Å². The van der Waals surface area contributed by atoms with E-state index in [9.17, 15) is 4.79 Å². The summed E-state index contributed by atoms with van der Waals surface area (Å²) in [5.41, 5.74) is 6.45. The lowest BCUT2D eigenvalue weighted by Crippen LogP contribution is -2.35. The molecule has 0 saturated carbocycles. The first-order chi connectivity index (χ1) is 8.54. The molecule has 0 spiro atoms. The molecule has 0 aliphatic heterocycles. The van der Waals surface area contributed by atoms with Crippen LogP contribution in [-0.2, 0) is 9.53 Å². The zero-order valence-electron chi connectivity index (χ0n) is 11.2. The molecule has 0 aromatic carbocycles. The molecule has 6 nitrogen and oxygen atoms in total. The van der Waals surface area contributed by atoms with Gasteiger partial charge in [0.05, 0.1) is 17.9 Å². The molecule has 1 unspecified atom stereocenters. The highest BCUT2D eigenvalue weighted by Crippen LogP contribution is 2.10. The van der Waals surface area contributed by atoms with E-state index in [1.807, 2.05) is 13.8 Å². The number of carbonyl (C=O) groups is 1. The summed E-state index contributed by atoms with van der Waals surface area (Å²) in [6.07, 6.45) is 4.80. The molecule has 1 amide bonds. The van der Waals surface area contributed by atoms with Gasteiger partial charge in [0.15, 0.2) is 0 Å². The Morgan fingerprint density at radius 1 is 1.61 bits per heavy atom. The van der Waals surface area contributed by atoms with Crippen molar-refractivity contribution in [1.29, 1.82) is 0 Å². The first-order valence-corrected chi connectivity index (χ1v) is 6.14. The van der Waals surface area contributed by atoms with Crippen molar-refractivity contribution in [1.82, 2.24) is 9.78 Å². The predicted molar refractivity (Wildman–Crippen MR) is 70.3 cm³/mol. The predicted octanol–water partition coefficient (Wildman–Crippen LogP) is 1.16. The van der Waals surface area contributed by atoms with E-state index in [0.29, 0.717) is 18.7 Å². The molecule has 18 heavy (non-hydrogen) atoms. The quantitative estimate of drug-likeness (QED) is 0.715. The molecule has 1 aromatic heterocycles. The lowest BCUT2D eigenvalue weighted by molar-refractivity contribution is -0.117. The molecule has 1 atom stereocenters. The summed E-state index contributed by atoms with van der Waals surface area (Å²) >= 11 is 0. The molecule has 1 rings (SSSR count). The molecular formula is C12H22N4O2. The van der Waals surface area contributed by atoms with E-state index in [2.05, 4.69) is 10.4 Å². The Balaban J connectivity index is 2.42. The Hall–Kier alpha value is -1.40. The summed E-state index contributed by atoms with van der Waals surface area (Å²) < 4.78 is 6.70. The third-order valence-corrected chi connectivity index (χ3v) is 2.60. The Morgan fingerprint density at radius 3 is 2.89 bits per heavy atom. The third kappa shape index (κ3) is 4.46. The second kappa shape index (κ2) is 7.13. The monoisotopic (exact) mass is 254 g/mol. The van der Waals surface area contributed by atoms with Crippen molar-refractivity contribution in [2.75, 3.05) is 19.0 Å². The third-order valence-electron chi connectivity index (χ3n) is 2.60. The summed E-state index contributed by atoms with van der Waals surface area (Å²) in [6.45, 7) is 4.66. The Bertz CT molecular complexity index is 376. The van der Waals surface area contributed by atoms with Crippen LogP contribution in [0.3, 0.4) is 0 Å². The maximum absolute atomic E-state index is 11.8. The van der Waals surface area contributed by atoms with Gasteiger partial charge in [-0.25, -0.2) is 0 Å². The lowest BCUT2D eigenvalue weighted by atomic mass is 10.1. The average Bonchev–Trinajstić information content (AvgIpc) is 2.77. The van der Waals surface area contributed by atoms with Crippen LogP contribution in [0.2, 0.25) is 0 Å². The van der Waals surface area contributed by atoms with Gasteiger partial charge in [0, 0.05) is 26.0 Å². The number of nitrogens with zero attached hydrogens (tertiary/aromatic N) is 2. The van der Waals surface area contributed by atoms with Crippen LogP contribution in [-0.4, -0.2) is 35.4 Å². The highest BCUT2D eigenvalue weighted by atomic mass is 16.5. The fourth-order valence-corrected chi connectivity index (χ4v) is 1.50. The van der Waals surface area contributed by atoms with Gasteiger partial charge in [-0.15, -0.1) is 0 Å². The fraction of sp³-hybridized carbons (Fsp3) is 0.667. The number of hydrogen-bond donors (Lipinski definition) is 2.